The molecule has 1 aromatic carbocycles. The van der Waals surface area contributed by atoms with E-state index in [0.717, 1.165) is 24.9 Å². The first-order valence-electron chi connectivity index (χ1n) is 7.41. The highest BCUT2D eigenvalue weighted by atomic mass is 15.2. The van der Waals surface area contributed by atoms with Crippen LogP contribution in [0.1, 0.15) is 31.7 Å². The van der Waals surface area contributed by atoms with Gasteiger partial charge in [0.25, 0.3) is 0 Å². The molecule has 1 saturated heterocycles. The van der Waals surface area contributed by atoms with Gasteiger partial charge in [-0.15, -0.1) is 0 Å². The summed E-state index contributed by atoms with van der Waals surface area (Å²) in [5.74, 6) is 1.96. The molecule has 2 unspecified atom stereocenters. The van der Waals surface area contributed by atoms with E-state index in [-0.39, 0.29) is 0 Å². The van der Waals surface area contributed by atoms with Gasteiger partial charge in [-0.1, -0.05) is 25.5 Å². The minimum absolute atomic E-state index is 0.978. The molecule has 1 aliphatic heterocycles. The third-order valence-corrected chi connectivity index (χ3v) is 4.61. The standard InChI is InChI=1S/C16H24N2/c1-2-17-10-13-6-8-16(9-7-13)18-11-14-4-3-5-15(14)12-18/h6-9,14-15,17H,2-5,10-12H2,1H3. The second-order valence-corrected chi connectivity index (χ2v) is 5.80. The highest BCUT2D eigenvalue weighted by Gasteiger charge is 2.35. The molecule has 0 spiro atoms. The van der Waals surface area contributed by atoms with E-state index < -0.39 is 0 Å². The van der Waals surface area contributed by atoms with Crippen LogP contribution in [0, 0.1) is 11.8 Å². The van der Waals surface area contributed by atoms with Gasteiger partial charge in [0.2, 0.25) is 0 Å². The van der Waals surface area contributed by atoms with Gasteiger partial charge in [0.05, 0.1) is 0 Å². The fourth-order valence-corrected chi connectivity index (χ4v) is 3.54. The molecule has 18 heavy (non-hydrogen) atoms. The molecule has 2 atom stereocenters. The van der Waals surface area contributed by atoms with E-state index in [1.165, 1.54) is 43.6 Å². The molecule has 1 saturated carbocycles. The summed E-state index contributed by atoms with van der Waals surface area (Å²) in [7, 11) is 0. The number of anilines is 1. The Kier molecular flexibility index (Phi) is 3.55. The van der Waals surface area contributed by atoms with Crippen LogP contribution in [0.4, 0.5) is 5.69 Å². The Balaban J connectivity index is 1.63. The van der Waals surface area contributed by atoms with Crippen LogP contribution in [0.3, 0.4) is 0 Å². The SMILES string of the molecule is CCNCc1ccc(N2CC3CCCC3C2)cc1. The molecule has 2 fully saturated rings. The number of nitrogens with one attached hydrogen (secondary N) is 1. The van der Waals surface area contributed by atoms with Gasteiger partial charge >= 0.3 is 0 Å². The first-order valence-corrected chi connectivity index (χ1v) is 7.41. The van der Waals surface area contributed by atoms with Gasteiger partial charge in [-0.05, 0) is 48.9 Å². The van der Waals surface area contributed by atoms with Crippen molar-refractivity contribution < 1.29 is 0 Å². The quantitative estimate of drug-likeness (QED) is 0.876. The molecular weight excluding hydrogens is 220 g/mol. The van der Waals surface area contributed by atoms with Crippen molar-refractivity contribution in [3.63, 3.8) is 0 Å². The third kappa shape index (κ3) is 2.39. The molecule has 3 rings (SSSR count). The van der Waals surface area contributed by atoms with Crippen molar-refractivity contribution in [3.8, 4) is 0 Å². The van der Waals surface area contributed by atoms with Gasteiger partial charge in [0.1, 0.15) is 0 Å². The normalized spacial score (nSPS) is 26.6. The van der Waals surface area contributed by atoms with Gasteiger partial charge in [-0.2, -0.15) is 0 Å². The number of hydrogen-bond donors (Lipinski definition) is 1. The summed E-state index contributed by atoms with van der Waals surface area (Å²) in [6, 6.07) is 9.14. The summed E-state index contributed by atoms with van der Waals surface area (Å²) in [6.45, 7) is 6.76. The van der Waals surface area contributed by atoms with Crippen LogP contribution in [-0.4, -0.2) is 19.6 Å². The molecule has 1 N–H and O–H groups in total. The second kappa shape index (κ2) is 5.31. The van der Waals surface area contributed by atoms with E-state index >= 15 is 0 Å². The highest BCUT2D eigenvalue weighted by molar-refractivity contribution is 5.49. The number of fused-ring (bicyclic) bond motifs is 1. The van der Waals surface area contributed by atoms with Crippen LogP contribution in [-0.2, 0) is 6.54 Å². The second-order valence-electron chi connectivity index (χ2n) is 5.80. The van der Waals surface area contributed by atoms with Gasteiger partial charge in [0.15, 0.2) is 0 Å². The Morgan fingerprint density at radius 2 is 1.78 bits per heavy atom. The number of nitrogens with zero attached hydrogens (tertiary/aromatic N) is 1. The molecular formula is C16H24N2. The Morgan fingerprint density at radius 1 is 1.11 bits per heavy atom. The Hall–Kier alpha value is -1.02. The van der Waals surface area contributed by atoms with Gasteiger partial charge in [-0.25, -0.2) is 0 Å². The molecule has 1 aliphatic carbocycles. The largest absolute Gasteiger partial charge is 0.371 e. The lowest BCUT2D eigenvalue weighted by atomic mass is 10.0. The smallest absolute Gasteiger partial charge is 0.0366 e. The molecule has 0 bridgehead atoms. The number of benzene rings is 1. The molecule has 0 radical (unpaired) electrons. The zero-order valence-electron chi connectivity index (χ0n) is 11.4. The van der Waals surface area contributed by atoms with Crippen molar-refractivity contribution in [2.45, 2.75) is 32.7 Å². The lowest BCUT2D eigenvalue weighted by Gasteiger charge is -2.20. The summed E-state index contributed by atoms with van der Waals surface area (Å²) in [4.78, 5) is 2.59. The topological polar surface area (TPSA) is 15.3 Å². The van der Waals surface area contributed by atoms with E-state index in [4.69, 9.17) is 0 Å². The first kappa shape index (κ1) is 12.0. The average molecular weight is 244 g/mol. The summed E-state index contributed by atoms with van der Waals surface area (Å²) < 4.78 is 0. The van der Waals surface area contributed by atoms with Gasteiger partial charge in [0, 0.05) is 25.3 Å². The van der Waals surface area contributed by atoms with E-state index in [1.807, 2.05) is 0 Å². The van der Waals surface area contributed by atoms with Crippen LogP contribution in [0.15, 0.2) is 24.3 Å². The molecule has 1 aromatic rings. The molecule has 0 amide bonds. The zero-order chi connectivity index (χ0) is 12.4. The van der Waals surface area contributed by atoms with Crippen molar-refractivity contribution in [2.75, 3.05) is 24.5 Å². The fraction of sp³-hybridized carbons (Fsp3) is 0.625. The number of hydrogen-bond acceptors (Lipinski definition) is 2. The maximum atomic E-state index is 3.37. The summed E-state index contributed by atoms with van der Waals surface area (Å²) in [5.41, 5.74) is 2.81. The van der Waals surface area contributed by atoms with Crippen molar-refractivity contribution in [1.82, 2.24) is 5.32 Å². The Bertz CT molecular complexity index is 373. The Morgan fingerprint density at radius 3 is 2.39 bits per heavy atom. The summed E-state index contributed by atoms with van der Waals surface area (Å²) in [5, 5.41) is 3.37. The lowest BCUT2D eigenvalue weighted by molar-refractivity contribution is 0.494. The van der Waals surface area contributed by atoms with Crippen LogP contribution < -0.4 is 10.2 Å². The van der Waals surface area contributed by atoms with Crippen molar-refractivity contribution >= 4 is 5.69 Å². The van der Waals surface area contributed by atoms with E-state index in [2.05, 4.69) is 41.4 Å². The predicted octanol–water partition coefficient (Wildman–Crippen LogP) is 3.03. The van der Waals surface area contributed by atoms with Crippen LogP contribution >= 0.6 is 0 Å². The summed E-state index contributed by atoms with van der Waals surface area (Å²) >= 11 is 0. The maximum absolute atomic E-state index is 3.37. The van der Waals surface area contributed by atoms with E-state index in [0.29, 0.717) is 0 Å². The number of rotatable bonds is 4. The summed E-state index contributed by atoms with van der Waals surface area (Å²) in [6.07, 6.45) is 4.38. The molecule has 0 aromatic heterocycles. The molecule has 2 heteroatoms. The monoisotopic (exact) mass is 244 g/mol. The fourth-order valence-electron chi connectivity index (χ4n) is 3.54. The highest BCUT2D eigenvalue weighted by Crippen LogP contribution is 2.39. The van der Waals surface area contributed by atoms with E-state index in [9.17, 15) is 0 Å². The van der Waals surface area contributed by atoms with Crippen LogP contribution in [0.25, 0.3) is 0 Å². The maximum Gasteiger partial charge on any atom is 0.0366 e. The van der Waals surface area contributed by atoms with Crippen LogP contribution in [0.2, 0.25) is 0 Å². The van der Waals surface area contributed by atoms with Gasteiger partial charge in [-0.3, -0.25) is 0 Å². The molecule has 98 valence electrons. The minimum atomic E-state index is 0.978. The lowest BCUT2D eigenvalue weighted by Crippen LogP contribution is -2.20. The molecule has 1 heterocycles. The van der Waals surface area contributed by atoms with Crippen molar-refractivity contribution in [1.29, 1.82) is 0 Å². The first-order chi connectivity index (χ1) is 8.86. The van der Waals surface area contributed by atoms with Gasteiger partial charge < -0.3 is 10.2 Å². The molecule has 2 nitrogen and oxygen atoms in total. The predicted molar refractivity (Wildman–Crippen MR) is 76.9 cm³/mol. The minimum Gasteiger partial charge on any atom is -0.371 e. The van der Waals surface area contributed by atoms with Crippen molar-refractivity contribution in [2.24, 2.45) is 11.8 Å². The van der Waals surface area contributed by atoms with Crippen molar-refractivity contribution in [3.05, 3.63) is 29.8 Å². The Labute approximate surface area is 110 Å². The third-order valence-electron chi connectivity index (χ3n) is 4.61. The van der Waals surface area contributed by atoms with E-state index in [1.54, 1.807) is 0 Å². The molecule has 2 aliphatic rings. The van der Waals surface area contributed by atoms with Crippen LogP contribution in [0.5, 0.6) is 0 Å². The average Bonchev–Trinajstić information content (AvgIpc) is 2.97. The zero-order valence-corrected chi connectivity index (χ0v) is 11.4.